The molecular formula is C22H26N4O3S2. The molecule has 1 fully saturated rings. The van der Waals surface area contributed by atoms with Crippen molar-refractivity contribution >= 4 is 42.6 Å². The van der Waals surface area contributed by atoms with Crippen molar-refractivity contribution in [2.75, 3.05) is 24.2 Å². The Morgan fingerprint density at radius 3 is 2.84 bits per heavy atom. The Balaban J connectivity index is 1.71. The molecule has 3 aromatic rings. The molecule has 0 radical (unpaired) electrons. The zero-order valence-corrected chi connectivity index (χ0v) is 19.5. The molecule has 3 heterocycles. The lowest BCUT2D eigenvalue weighted by molar-refractivity contribution is -0.123. The van der Waals surface area contributed by atoms with Crippen molar-refractivity contribution in [3.05, 3.63) is 53.3 Å². The first-order valence-electron chi connectivity index (χ1n) is 10.3. The Kier molecular flexibility index (Phi) is 6.09. The van der Waals surface area contributed by atoms with Crippen LogP contribution in [0, 0.1) is 19.8 Å². The number of fused-ring (bicyclic) bond motifs is 1. The summed E-state index contributed by atoms with van der Waals surface area (Å²) in [5.74, 6) is -0.486. The highest BCUT2D eigenvalue weighted by Crippen LogP contribution is 2.34. The van der Waals surface area contributed by atoms with Crippen LogP contribution in [-0.2, 0) is 21.4 Å². The SMILES string of the molecule is Cc1cc(C)c2sc(N(Cc3cccnc3)C(=O)C3CCCN(S(C)(=O)=O)C3)nc2c1. The van der Waals surface area contributed by atoms with Crippen molar-refractivity contribution in [2.45, 2.75) is 33.2 Å². The molecule has 1 atom stereocenters. The van der Waals surface area contributed by atoms with E-state index in [0.717, 1.165) is 26.9 Å². The average Bonchev–Trinajstić information content (AvgIpc) is 3.16. The summed E-state index contributed by atoms with van der Waals surface area (Å²) in [4.78, 5) is 24.3. The quantitative estimate of drug-likeness (QED) is 0.584. The molecule has 31 heavy (non-hydrogen) atoms. The molecule has 4 rings (SSSR count). The number of aryl methyl sites for hydroxylation is 2. The fraction of sp³-hybridized carbons (Fsp3) is 0.409. The molecule has 2 aromatic heterocycles. The summed E-state index contributed by atoms with van der Waals surface area (Å²) in [5, 5.41) is 0.633. The maximum absolute atomic E-state index is 13.7. The molecule has 1 unspecified atom stereocenters. The third-order valence-corrected chi connectivity index (χ3v) is 8.07. The fourth-order valence-electron chi connectivity index (χ4n) is 4.06. The van der Waals surface area contributed by atoms with Crippen LogP contribution >= 0.6 is 11.3 Å². The van der Waals surface area contributed by atoms with Crippen LogP contribution in [0.1, 0.15) is 29.5 Å². The highest BCUT2D eigenvalue weighted by atomic mass is 32.2. The molecule has 0 spiro atoms. The van der Waals surface area contributed by atoms with Gasteiger partial charge in [-0.25, -0.2) is 17.7 Å². The summed E-state index contributed by atoms with van der Waals surface area (Å²) in [6.07, 6.45) is 5.98. The molecule has 9 heteroatoms. The number of pyridine rings is 1. The van der Waals surface area contributed by atoms with Crippen molar-refractivity contribution in [2.24, 2.45) is 5.92 Å². The van der Waals surface area contributed by atoms with Gasteiger partial charge < -0.3 is 0 Å². The third kappa shape index (κ3) is 4.78. The molecule has 0 aliphatic carbocycles. The number of thiazole rings is 1. The largest absolute Gasteiger partial charge is 0.283 e. The predicted octanol–water partition coefficient (Wildman–Crippen LogP) is 3.51. The van der Waals surface area contributed by atoms with Gasteiger partial charge in [0.15, 0.2) is 5.13 Å². The molecule has 164 valence electrons. The van der Waals surface area contributed by atoms with Gasteiger partial charge in [0.05, 0.1) is 28.9 Å². The van der Waals surface area contributed by atoms with Crippen LogP contribution in [-0.4, -0.2) is 47.9 Å². The Labute approximate surface area is 186 Å². The van der Waals surface area contributed by atoms with Gasteiger partial charge in [-0.15, -0.1) is 0 Å². The van der Waals surface area contributed by atoms with Crippen LogP contribution in [0.4, 0.5) is 5.13 Å². The Hall–Kier alpha value is -2.36. The second-order valence-corrected chi connectivity index (χ2v) is 11.1. The molecule has 0 N–H and O–H groups in total. The number of aromatic nitrogens is 2. The number of piperidine rings is 1. The first-order valence-corrected chi connectivity index (χ1v) is 12.9. The topological polar surface area (TPSA) is 83.5 Å². The van der Waals surface area contributed by atoms with E-state index >= 15 is 0 Å². The zero-order valence-electron chi connectivity index (χ0n) is 17.9. The summed E-state index contributed by atoms with van der Waals surface area (Å²) >= 11 is 1.50. The number of nitrogens with zero attached hydrogens (tertiary/aromatic N) is 4. The maximum Gasteiger partial charge on any atom is 0.233 e. The van der Waals surface area contributed by atoms with E-state index in [9.17, 15) is 13.2 Å². The van der Waals surface area contributed by atoms with Gasteiger partial charge in [0.1, 0.15) is 0 Å². The van der Waals surface area contributed by atoms with E-state index in [2.05, 4.69) is 18.0 Å². The molecule has 1 aliphatic heterocycles. The van der Waals surface area contributed by atoms with Gasteiger partial charge in [-0.1, -0.05) is 23.5 Å². The second kappa shape index (κ2) is 8.64. The number of anilines is 1. The summed E-state index contributed by atoms with van der Waals surface area (Å²) in [6, 6.07) is 7.92. The summed E-state index contributed by atoms with van der Waals surface area (Å²) < 4.78 is 26.6. The van der Waals surface area contributed by atoms with E-state index in [-0.39, 0.29) is 12.5 Å². The van der Waals surface area contributed by atoms with Crippen molar-refractivity contribution in [1.29, 1.82) is 0 Å². The minimum atomic E-state index is -3.33. The number of amides is 1. The van der Waals surface area contributed by atoms with Crippen LogP contribution in [0.5, 0.6) is 0 Å². The molecule has 1 saturated heterocycles. The molecule has 1 aromatic carbocycles. The maximum atomic E-state index is 13.7. The standard InChI is InChI=1S/C22H26N4O3S2/c1-15-10-16(2)20-19(11-15)24-22(30-20)26(13-17-6-4-8-23-12-17)21(27)18-7-5-9-25(14-18)31(3,28)29/h4,6,8,10-12,18H,5,7,9,13-14H2,1-3H3. The highest BCUT2D eigenvalue weighted by Gasteiger charge is 2.34. The number of carbonyl (C=O) groups is 1. The minimum Gasteiger partial charge on any atom is -0.283 e. The molecular weight excluding hydrogens is 432 g/mol. The van der Waals surface area contributed by atoms with E-state index in [1.807, 2.05) is 25.1 Å². The fourth-order valence-corrected chi connectivity index (χ4v) is 5.99. The Bertz CT molecular complexity index is 1210. The van der Waals surface area contributed by atoms with Gasteiger partial charge in [-0.3, -0.25) is 14.7 Å². The van der Waals surface area contributed by atoms with Crippen LogP contribution in [0.3, 0.4) is 0 Å². The lowest BCUT2D eigenvalue weighted by atomic mass is 9.98. The van der Waals surface area contributed by atoms with E-state index < -0.39 is 15.9 Å². The highest BCUT2D eigenvalue weighted by molar-refractivity contribution is 7.88. The number of hydrogen-bond donors (Lipinski definition) is 0. The van der Waals surface area contributed by atoms with Crippen LogP contribution in [0.15, 0.2) is 36.7 Å². The van der Waals surface area contributed by atoms with Crippen molar-refractivity contribution < 1.29 is 13.2 Å². The molecule has 0 saturated carbocycles. The van der Waals surface area contributed by atoms with Crippen molar-refractivity contribution in [3.63, 3.8) is 0 Å². The van der Waals surface area contributed by atoms with Gasteiger partial charge >= 0.3 is 0 Å². The summed E-state index contributed by atoms with van der Waals surface area (Å²) in [6.45, 7) is 5.11. The number of rotatable bonds is 5. The number of sulfonamides is 1. The third-order valence-electron chi connectivity index (χ3n) is 5.57. The van der Waals surface area contributed by atoms with E-state index in [1.54, 1.807) is 17.3 Å². The van der Waals surface area contributed by atoms with Crippen LogP contribution < -0.4 is 4.90 Å². The predicted molar refractivity (Wildman–Crippen MR) is 124 cm³/mol. The van der Waals surface area contributed by atoms with Crippen LogP contribution in [0.2, 0.25) is 0 Å². The van der Waals surface area contributed by atoms with Gasteiger partial charge in [0.2, 0.25) is 15.9 Å². The average molecular weight is 459 g/mol. The minimum absolute atomic E-state index is 0.0920. The van der Waals surface area contributed by atoms with E-state index in [4.69, 9.17) is 4.98 Å². The van der Waals surface area contributed by atoms with Gasteiger partial charge in [0, 0.05) is 25.5 Å². The summed E-state index contributed by atoms with van der Waals surface area (Å²) in [5.41, 5.74) is 4.04. The number of carbonyl (C=O) groups excluding carboxylic acids is 1. The molecule has 1 amide bonds. The number of hydrogen-bond acceptors (Lipinski definition) is 6. The monoisotopic (exact) mass is 458 g/mol. The molecule has 0 bridgehead atoms. The molecule has 1 aliphatic rings. The van der Waals surface area contributed by atoms with Gasteiger partial charge in [0.25, 0.3) is 0 Å². The van der Waals surface area contributed by atoms with Crippen LogP contribution in [0.25, 0.3) is 10.2 Å². The number of benzene rings is 1. The Morgan fingerprint density at radius 1 is 1.32 bits per heavy atom. The first-order chi connectivity index (χ1) is 14.7. The van der Waals surface area contributed by atoms with E-state index in [1.165, 1.54) is 21.9 Å². The van der Waals surface area contributed by atoms with Crippen molar-refractivity contribution in [3.8, 4) is 0 Å². The summed E-state index contributed by atoms with van der Waals surface area (Å²) in [7, 11) is -3.33. The van der Waals surface area contributed by atoms with Crippen molar-refractivity contribution in [1.82, 2.24) is 14.3 Å². The normalized spacial score (nSPS) is 17.7. The van der Waals surface area contributed by atoms with Gasteiger partial charge in [-0.05, 0) is 55.5 Å². The lowest BCUT2D eigenvalue weighted by Crippen LogP contribution is -2.46. The first kappa shape index (κ1) is 21.9. The van der Waals surface area contributed by atoms with E-state index in [0.29, 0.717) is 31.1 Å². The second-order valence-electron chi connectivity index (χ2n) is 8.17. The Morgan fingerprint density at radius 2 is 2.13 bits per heavy atom. The molecule has 7 nitrogen and oxygen atoms in total. The lowest BCUT2D eigenvalue weighted by Gasteiger charge is -2.33. The van der Waals surface area contributed by atoms with Gasteiger partial charge in [-0.2, -0.15) is 0 Å². The zero-order chi connectivity index (χ0) is 22.2. The smallest absolute Gasteiger partial charge is 0.233 e.